The number of imidazole rings is 1. The van der Waals surface area contributed by atoms with Crippen LogP contribution < -0.4 is 15.2 Å². The van der Waals surface area contributed by atoms with Crippen LogP contribution in [-0.2, 0) is 28.5 Å². The minimum absolute atomic E-state index is 0.00175. The fourth-order valence-electron chi connectivity index (χ4n) is 7.61. The lowest BCUT2D eigenvalue weighted by atomic mass is 9.80. The molecular formula is C46H61FN7O7PSi. The molecule has 338 valence electrons. The summed E-state index contributed by atoms with van der Waals surface area (Å²) in [6, 6.07) is 27.8. The van der Waals surface area contributed by atoms with Crippen LogP contribution in [0, 0.1) is 17.4 Å². The number of nitrogen functional groups attached to an aromatic ring is 1. The summed E-state index contributed by atoms with van der Waals surface area (Å²) in [7, 11) is -1.22. The fourth-order valence-corrected chi connectivity index (χ4v) is 10.7. The summed E-state index contributed by atoms with van der Waals surface area (Å²) >= 11 is 0. The van der Waals surface area contributed by atoms with E-state index in [2.05, 4.69) is 87.3 Å². The zero-order chi connectivity index (χ0) is 45.7. The van der Waals surface area contributed by atoms with E-state index in [9.17, 15) is 9.65 Å². The monoisotopic (exact) mass is 901 g/mol. The van der Waals surface area contributed by atoms with Gasteiger partial charge in [0, 0.05) is 12.1 Å². The van der Waals surface area contributed by atoms with Crippen molar-refractivity contribution in [2.24, 2.45) is 0 Å². The van der Waals surface area contributed by atoms with Gasteiger partial charge in [-0.2, -0.15) is 19.6 Å². The zero-order valence-corrected chi connectivity index (χ0v) is 40.0. The Balaban J connectivity index is 1.57. The Morgan fingerprint density at radius 2 is 1.46 bits per heavy atom. The molecule has 17 heteroatoms. The second-order valence-corrected chi connectivity index (χ2v) is 23.7. The van der Waals surface area contributed by atoms with Gasteiger partial charge < -0.3 is 38.2 Å². The molecule has 1 fully saturated rings. The van der Waals surface area contributed by atoms with Crippen molar-refractivity contribution in [1.29, 1.82) is 5.26 Å². The van der Waals surface area contributed by atoms with Gasteiger partial charge in [0.25, 0.3) is 8.53 Å². The summed E-state index contributed by atoms with van der Waals surface area (Å²) in [5.74, 6) is 1.28. The standard InChI is InChI=1S/C46H61FN7O7PSi/c1-30(2)54(31(3)4)62(58-27-15-26-48)60-39-37(59-43(40(39)61-63(10,11)45(5,6)7)53-29-50-38-41(49)51-44(47)52-42(38)53)28-57-46(32-16-13-12-14-17-32,33-18-22-35(55-8)23-19-33)34-20-24-36(56-9)25-21-34/h12-14,16-25,29-31,37,39-40,43H,15,27-28H2,1-11H3,(H2,49,51,52)/t37-,39-,40-,43-,62?/m1/s1. The summed E-state index contributed by atoms with van der Waals surface area (Å²) in [4.78, 5) is 12.4. The van der Waals surface area contributed by atoms with Crippen molar-refractivity contribution < 1.29 is 36.8 Å². The minimum Gasteiger partial charge on any atom is -0.497 e. The highest BCUT2D eigenvalue weighted by Gasteiger charge is 2.54. The maximum atomic E-state index is 15.0. The first-order chi connectivity index (χ1) is 29.9. The van der Waals surface area contributed by atoms with Crippen LogP contribution in [0.2, 0.25) is 18.1 Å². The summed E-state index contributed by atoms with van der Waals surface area (Å²) in [6.45, 7) is 19.2. The van der Waals surface area contributed by atoms with Crippen LogP contribution in [-0.4, -0.2) is 90.3 Å². The van der Waals surface area contributed by atoms with Crippen molar-refractivity contribution in [1.82, 2.24) is 24.2 Å². The van der Waals surface area contributed by atoms with Crippen LogP contribution in [0.1, 0.15) is 77.8 Å². The highest BCUT2D eigenvalue weighted by Crippen LogP contribution is 2.53. The van der Waals surface area contributed by atoms with E-state index in [0.717, 1.165) is 16.7 Å². The zero-order valence-electron chi connectivity index (χ0n) is 38.1. The van der Waals surface area contributed by atoms with Gasteiger partial charge in [-0.25, -0.2) is 9.65 Å². The molecular weight excluding hydrogens is 841 g/mol. The van der Waals surface area contributed by atoms with Crippen LogP contribution in [0.3, 0.4) is 0 Å². The van der Waals surface area contributed by atoms with Crippen LogP contribution in [0.4, 0.5) is 10.2 Å². The Kier molecular flexibility index (Phi) is 15.3. The predicted molar refractivity (Wildman–Crippen MR) is 244 cm³/mol. The Labute approximate surface area is 372 Å². The molecule has 0 radical (unpaired) electrons. The number of anilines is 1. The van der Waals surface area contributed by atoms with E-state index >= 15 is 0 Å². The van der Waals surface area contributed by atoms with Crippen molar-refractivity contribution in [2.45, 2.75) is 115 Å². The van der Waals surface area contributed by atoms with Crippen LogP contribution >= 0.6 is 8.53 Å². The van der Waals surface area contributed by atoms with Gasteiger partial charge in [0.1, 0.15) is 35.4 Å². The third kappa shape index (κ3) is 10.2. The molecule has 2 aromatic heterocycles. The SMILES string of the molecule is COc1ccc(C(OC[C@H]2O[C@@H](n3cnc4c(N)nc(F)nc43)[C@H](O[Si](C)(C)C(C)(C)C)[C@@H]2OP(OCCC#N)N(C(C)C)C(C)C)(c2ccccc2)c2ccc(OC)cc2)cc1. The molecule has 1 saturated heterocycles. The predicted octanol–water partition coefficient (Wildman–Crippen LogP) is 9.52. The van der Waals surface area contributed by atoms with E-state index in [1.54, 1.807) is 18.8 Å². The van der Waals surface area contributed by atoms with E-state index in [1.165, 1.54) is 6.33 Å². The quantitative estimate of drug-likeness (QED) is 0.0275. The summed E-state index contributed by atoms with van der Waals surface area (Å²) in [5, 5.41) is 9.32. The smallest absolute Gasteiger partial charge is 0.312 e. The lowest BCUT2D eigenvalue weighted by molar-refractivity contribution is -0.0926. The number of ether oxygens (including phenoxy) is 4. The van der Waals surface area contributed by atoms with Gasteiger partial charge in [0.15, 0.2) is 31.5 Å². The first kappa shape index (κ1) is 47.9. The Morgan fingerprint density at radius 1 is 0.889 bits per heavy atom. The normalized spacial score (nSPS) is 19.0. The average Bonchev–Trinajstić information content (AvgIpc) is 3.81. The van der Waals surface area contributed by atoms with Crippen LogP contribution in [0.15, 0.2) is 85.2 Å². The van der Waals surface area contributed by atoms with Gasteiger partial charge in [-0.05, 0) is 86.8 Å². The van der Waals surface area contributed by atoms with Crippen molar-refractivity contribution in [3.8, 4) is 17.6 Å². The molecule has 2 N–H and O–H groups in total. The molecule has 0 aliphatic carbocycles. The minimum atomic E-state index is -2.65. The van der Waals surface area contributed by atoms with E-state index in [0.29, 0.717) is 11.5 Å². The number of aromatic nitrogens is 4. The highest BCUT2D eigenvalue weighted by atomic mass is 31.2. The van der Waals surface area contributed by atoms with Gasteiger partial charge in [0.2, 0.25) is 0 Å². The number of nitrogens with two attached hydrogens (primary N) is 1. The van der Waals surface area contributed by atoms with Crippen LogP contribution in [0.25, 0.3) is 11.2 Å². The van der Waals surface area contributed by atoms with Gasteiger partial charge in [-0.15, -0.1) is 0 Å². The van der Waals surface area contributed by atoms with E-state index in [1.807, 2.05) is 78.9 Å². The molecule has 63 heavy (non-hydrogen) atoms. The molecule has 0 amide bonds. The van der Waals surface area contributed by atoms with Crippen LogP contribution in [0.5, 0.6) is 11.5 Å². The van der Waals surface area contributed by atoms with Crippen molar-refractivity contribution in [3.05, 3.63) is 108 Å². The molecule has 1 unspecified atom stereocenters. The lowest BCUT2D eigenvalue weighted by Crippen LogP contribution is -2.50. The Morgan fingerprint density at radius 3 is 1.98 bits per heavy atom. The molecule has 3 aromatic carbocycles. The van der Waals surface area contributed by atoms with Gasteiger partial charge in [0.05, 0.1) is 46.3 Å². The molecule has 6 rings (SSSR count). The Hall–Kier alpha value is -4.56. The van der Waals surface area contributed by atoms with Crippen molar-refractivity contribution in [2.75, 3.05) is 33.2 Å². The topological polar surface area (TPSA) is 161 Å². The number of nitriles is 1. The van der Waals surface area contributed by atoms with Crippen molar-refractivity contribution >= 4 is 33.8 Å². The largest absolute Gasteiger partial charge is 0.497 e. The lowest BCUT2D eigenvalue weighted by Gasteiger charge is -2.42. The van der Waals surface area contributed by atoms with Crippen molar-refractivity contribution in [3.63, 3.8) is 0 Å². The van der Waals surface area contributed by atoms with E-state index < -0.39 is 53.1 Å². The second kappa shape index (κ2) is 20.1. The third-order valence-electron chi connectivity index (χ3n) is 11.7. The van der Waals surface area contributed by atoms with Gasteiger partial charge in [-0.3, -0.25) is 4.57 Å². The number of fused-ring (bicyclic) bond motifs is 1. The number of methoxy groups -OCH3 is 2. The third-order valence-corrected chi connectivity index (χ3v) is 18.3. The summed E-state index contributed by atoms with van der Waals surface area (Å²) in [6.07, 6.45) is -2.77. The maximum absolute atomic E-state index is 15.0. The maximum Gasteiger partial charge on any atom is 0.312 e. The van der Waals surface area contributed by atoms with E-state index in [4.69, 9.17) is 38.2 Å². The molecule has 5 aromatic rings. The van der Waals surface area contributed by atoms with E-state index in [-0.39, 0.29) is 53.7 Å². The molecule has 5 atom stereocenters. The first-order valence-electron chi connectivity index (χ1n) is 21.2. The first-order valence-corrected chi connectivity index (χ1v) is 25.2. The van der Waals surface area contributed by atoms with Gasteiger partial charge >= 0.3 is 6.08 Å². The molecule has 1 aliphatic rings. The number of hydrogen-bond donors (Lipinski definition) is 1. The molecule has 3 heterocycles. The number of hydrogen-bond acceptors (Lipinski definition) is 13. The summed E-state index contributed by atoms with van der Waals surface area (Å²) in [5.41, 5.74) is 7.87. The molecule has 0 bridgehead atoms. The summed E-state index contributed by atoms with van der Waals surface area (Å²) < 4.78 is 65.8. The number of halogens is 1. The molecule has 14 nitrogen and oxygen atoms in total. The van der Waals surface area contributed by atoms with Gasteiger partial charge in [-0.1, -0.05) is 75.4 Å². The average molecular weight is 902 g/mol. The number of nitrogens with zero attached hydrogens (tertiary/aromatic N) is 6. The molecule has 0 saturated carbocycles. The number of rotatable bonds is 19. The fraction of sp³-hybridized carbons (Fsp3) is 0.478. The highest BCUT2D eigenvalue weighted by molar-refractivity contribution is 7.44. The number of benzene rings is 3. The Bertz CT molecular complexity index is 2250. The molecule has 1 aliphatic heterocycles. The second-order valence-electron chi connectivity index (χ2n) is 17.5. The molecule has 0 spiro atoms.